The van der Waals surface area contributed by atoms with Crippen LogP contribution < -0.4 is 0 Å². The van der Waals surface area contributed by atoms with E-state index in [9.17, 15) is 0 Å². The molecule has 148 valence electrons. The molecule has 2 aliphatic rings. The van der Waals surface area contributed by atoms with Gasteiger partial charge in [-0.05, 0) is 100 Å². The van der Waals surface area contributed by atoms with Gasteiger partial charge in [0.15, 0.2) is 0 Å². The maximum absolute atomic E-state index is 2.58. The molecule has 2 nitrogen and oxygen atoms in total. The van der Waals surface area contributed by atoms with Crippen molar-refractivity contribution in [3.63, 3.8) is 0 Å². The van der Waals surface area contributed by atoms with Crippen molar-refractivity contribution < 1.29 is 0 Å². The third kappa shape index (κ3) is 6.24. The molecule has 0 aromatic heterocycles. The molecule has 2 heteroatoms. The summed E-state index contributed by atoms with van der Waals surface area (Å²) in [5.74, 6) is 3.55. The maximum Gasteiger partial charge on any atom is 0.000947 e. The number of piperidine rings is 2. The van der Waals surface area contributed by atoms with Crippen molar-refractivity contribution in [3.8, 4) is 0 Å². The molecule has 2 saturated heterocycles. The van der Waals surface area contributed by atoms with Gasteiger partial charge in [0, 0.05) is 6.54 Å². The summed E-state index contributed by atoms with van der Waals surface area (Å²) in [5.41, 5.74) is 0.919. The van der Waals surface area contributed by atoms with Crippen LogP contribution in [0.4, 0.5) is 0 Å². The van der Waals surface area contributed by atoms with Gasteiger partial charge in [-0.25, -0.2) is 0 Å². The SMILES string of the molecule is CC(C1CCN(C)CC1)C(C)(C)CC1CN(C)CCC1CC(C)(C)C. The maximum atomic E-state index is 2.58. The third-order valence-corrected chi connectivity index (χ3v) is 7.46. The van der Waals surface area contributed by atoms with Crippen molar-refractivity contribution in [2.75, 3.05) is 40.3 Å². The van der Waals surface area contributed by atoms with E-state index >= 15 is 0 Å². The van der Waals surface area contributed by atoms with E-state index in [1.165, 1.54) is 58.3 Å². The van der Waals surface area contributed by atoms with Crippen LogP contribution in [-0.4, -0.2) is 50.1 Å². The van der Waals surface area contributed by atoms with Crippen LogP contribution in [0.2, 0.25) is 0 Å². The average Bonchev–Trinajstić information content (AvgIpc) is 2.48. The average molecular weight is 351 g/mol. The van der Waals surface area contributed by atoms with Crippen molar-refractivity contribution in [3.05, 3.63) is 0 Å². The predicted molar refractivity (Wildman–Crippen MR) is 111 cm³/mol. The molecular weight excluding hydrogens is 304 g/mol. The van der Waals surface area contributed by atoms with E-state index in [0.29, 0.717) is 10.8 Å². The van der Waals surface area contributed by atoms with E-state index < -0.39 is 0 Å². The zero-order valence-electron chi connectivity index (χ0n) is 18.6. The van der Waals surface area contributed by atoms with Gasteiger partial charge in [-0.3, -0.25) is 0 Å². The molecule has 0 aromatic carbocycles. The quantitative estimate of drug-likeness (QED) is 0.656. The Morgan fingerprint density at radius 2 is 1.36 bits per heavy atom. The lowest BCUT2D eigenvalue weighted by atomic mass is 9.63. The number of hydrogen-bond donors (Lipinski definition) is 0. The van der Waals surface area contributed by atoms with E-state index in [2.05, 4.69) is 65.4 Å². The van der Waals surface area contributed by atoms with Crippen LogP contribution in [0.3, 0.4) is 0 Å². The Morgan fingerprint density at radius 3 is 1.92 bits per heavy atom. The second-order valence-corrected chi connectivity index (χ2v) is 11.5. The molecule has 0 bridgehead atoms. The summed E-state index contributed by atoms with van der Waals surface area (Å²) in [7, 11) is 4.61. The first-order valence-corrected chi connectivity index (χ1v) is 10.8. The molecule has 2 fully saturated rings. The van der Waals surface area contributed by atoms with E-state index in [4.69, 9.17) is 0 Å². The fourth-order valence-electron chi connectivity index (χ4n) is 5.58. The molecule has 0 amide bonds. The standard InChI is InChI=1S/C23H46N2/c1-18(19-9-12-24(7)13-10-19)23(5,6)16-21-17-25(8)14-11-20(21)15-22(2,3)4/h18-21H,9-17H2,1-8H3. The molecule has 25 heavy (non-hydrogen) atoms. The minimum atomic E-state index is 0.458. The van der Waals surface area contributed by atoms with Gasteiger partial charge in [0.2, 0.25) is 0 Å². The van der Waals surface area contributed by atoms with Gasteiger partial charge in [0.25, 0.3) is 0 Å². The van der Waals surface area contributed by atoms with Gasteiger partial charge >= 0.3 is 0 Å². The number of likely N-dealkylation sites (tertiary alicyclic amines) is 2. The fraction of sp³-hybridized carbons (Fsp3) is 1.00. The number of rotatable bonds is 5. The second-order valence-electron chi connectivity index (χ2n) is 11.5. The van der Waals surface area contributed by atoms with Gasteiger partial charge in [0.1, 0.15) is 0 Å². The van der Waals surface area contributed by atoms with Crippen LogP contribution in [0.5, 0.6) is 0 Å². The second kappa shape index (κ2) is 8.30. The van der Waals surface area contributed by atoms with Gasteiger partial charge < -0.3 is 9.80 Å². The van der Waals surface area contributed by atoms with Crippen LogP contribution in [0.25, 0.3) is 0 Å². The summed E-state index contributed by atoms with van der Waals surface area (Å²) in [6, 6.07) is 0. The number of hydrogen-bond acceptors (Lipinski definition) is 2. The lowest BCUT2D eigenvalue weighted by Crippen LogP contribution is -2.43. The zero-order chi connectivity index (χ0) is 18.8. The van der Waals surface area contributed by atoms with E-state index in [0.717, 1.165) is 23.7 Å². The molecule has 0 aromatic rings. The Hall–Kier alpha value is -0.0800. The summed E-state index contributed by atoms with van der Waals surface area (Å²) < 4.78 is 0. The topological polar surface area (TPSA) is 6.48 Å². The van der Waals surface area contributed by atoms with E-state index in [-0.39, 0.29) is 0 Å². The van der Waals surface area contributed by atoms with Crippen molar-refractivity contribution in [2.45, 2.75) is 73.6 Å². The monoisotopic (exact) mass is 350 g/mol. The van der Waals surface area contributed by atoms with Crippen LogP contribution in [0, 0.1) is 34.5 Å². The van der Waals surface area contributed by atoms with Gasteiger partial charge in [-0.2, -0.15) is 0 Å². The summed E-state index contributed by atoms with van der Waals surface area (Å²) in [5, 5.41) is 0. The lowest BCUT2D eigenvalue weighted by molar-refractivity contribution is 0.0319. The molecule has 3 atom stereocenters. The summed E-state index contributed by atoms with van der Waals surface area (Å²) in [4.78, 5) is 5.09. The fourth-order valence-corrected chi connectivity index (χ4v) is 5.58. The third-order valence-electron chi connectivity index (χ3n) is 7.46. The normalized spacial score (nSPS) is 29.8. The summed E-state index contributed by atoms with van der Waals surface area (Å²) in [6.07, 6.45) is 7.00. The highest BCUT2D eigenvalue weighted by atomic mass is 15.1. The minimum Gasteiger partial charge on any atom is -0.306 e. The summed E-state index contributed by atoms with van der Waals surface area (Å²) >= 11 is 0. The molecule has 0 aliphatic carbocycles. The molecule has 2 heterocycles. The van der Waals surface area contributed by atoms with E-state index in [1.807, 2.05) is 0 Å². The molecule has 3 unspecified atom stereocenters. The van der Waals surface area contributed by atoms with Gasteiger partial charge in [-0.15, -0.1) is 0 Å². The number of nitrogens with zero attached hydrogens (tertiary/aromatic N) is 2. The Morgan fingerprint density at radius 1 is 0.800 bits per heavy atom. The molecular formula is C23H46N2. The van der Waals surface area contributed by atoms with E-state index in [1.54, 1.807) is 0 Å². The van der Waals surface area contributed by atoms with Crippen LogP contribution in [0.1, 0.15) is 73.6 Å². The Balaban J connectivity index is 2.01. The highest BCUT2D eigenvalue weighted by molar-refractivity contribution is 4.90. The Labute approximate surface area is 158 Å². The van der Waals surface area contributed by atoms with Crippen molar-refractivity contribution in [2.24, 2.45) is 34.5 Å². The first-order valence-electron chi connectivity index (χ1n) is 10.8. The molecule has 0 radical (unpaired) electrons. The molecule has 2 aliphatic heterocycles. The van der Waals surface area contributed by atoms with Crippen LogP contribution in [-0.2, 0) is 0 Å². The first kappa shape index (κ1) is 21.2. The largest absolute Gasteiger partial charge is 0.306 e. The van der Waals surface area contributed by atoms with Gasteiger partial charge in [0.05, 0.1) is 0 Å². The molecule has 0 N–H and O–H groups in total. The van der Waals surface area contributed by atoms with Crippen LogP contribution in [0.15, 0.2) is 0 Å². The Kier molecular flexibility index (Phi) is 7.04. The molecule has 2 rings (SSSR count). The predicted octanol–water partition coefficient (Wildman–Crippen LogP) is 5.38. The Bertz CT molecular complexity index is 401. The zero-order valence-corrected chi connectivity index (χ0v) is 18.6. The smallest absolute Gasteiger partial charge is 0.000947 e. The highest BCUT2D eigenvalue weighted by Crippen LogP contribution is 2.45. The lowest BCUT2D eigenvalue weighted by Gasteiger charge is -2.46. The minimum absolute atomic E-state index is 0.458. The van der Waals surface area contributed by atoms with Crippen molar-refractivity contribution in [1.29, 1.82) is 0 Å². The molecule has 0 spiro atoms. The van der Waals surface area contributed by atoms with Crippen molar-refractivity contribution >= 4 is 0 Å². The first-order chi connectivity index (χ1) is 11.5. The van der Waals surface area contributed by atoms with Crippen molar-refractivity contribution in [1.82, 2.24) is 9.80 Å². The van der Waals surface area contributed by atoms with Gasteiger partial charge in [-0.1, -0.05) is 41.5 Å². The highest BCUT2D eigenvalue weighted by Gasteiger charge is 2.39. The summed E-state index contributed by atoms with van der Waals surface area (Å²) in [6.45, 7) is 20.2. The van der Waals surface area contributed by atoms with Crippen LogP contribution >= 0.6 is 0 Å². The molecule has 0 saturated carbocycles.